The van der Waals surface area contributed by atoms with E-state index in [0.717, 1.165) is 4.90 Å². The molecule has 2 aliphatic rings. The molecule has 30 heavy (non-hydrogen) atoms. The van der Waals surface area contributed by atoms with Gasteiger partial charge in [-0.2, -0.15) is 0 Å². The summed E-state index contributed by atoms with van der Waals surface area (Å²) in [5, 5.41) is 2.99. The lowest BCUT2D eigenvalue weighted by Gasteiger charge is -2.33. The number of carbonyl (C=O) groups excluding carboxylic acids is 4. The SMILES string of the molecule is O=C(NC1CCN(C(=O)CN2C(=O)c3ccccc3C2=O)CC1)c1ccccc1S. The van der Waals surface area contributed by atoms with E-state index < -0.39 is 11.8 Å². The largest absolute Gasteiger partial charge is 0.349 e. The minimum Gasteiger partial charge on any atom is -0.349 e. The van der Waals surface area contributed by atoms with E-state index in [1.165, 1.54) is 0 Å². The lowest BCUT2D eigenvalue weighted by atomic mass is 10.0. The van der Waals surface area contributed by atoms with Gasteiger partial charge in [-0.25, -0.2) is 0 Å². The standard InChI is InChI=1S/C22H21N3O4S/c26-19(13-25-21(28)15-5-1-2-6-16(15)22(25)29)24-11-9-14(10-12-24)23-20(27)17-7-3-4-8-18(17)30/h1-8,14,30H,9-13H2,(H,23,27). The van der Waals surface area contributed by atoms with Gasteiger partial charge in [-0.1, -0.05) is 24.3 Å². The molecule has 0 radical (unpaired) electrons. The summed E-state index contributed by atoms with van der Waals surface area (Å²) >= 11 is 4.31. The van der Waals surface area contributed by atoms with Crippen molar-refractivity contribution in [3.63, 3.8) is 0 Å². The molecule has 4 amide bonds. The molecule has 154 valence electrons. The second-order valence-corrected chi connectivity index (χ2v) is 7.87. The van der Waals surface area contributed by atoms with E-state index in [1.807, 2.05) is 6.07 Å². The second kappa shape index (κ2) is 8.31. The van der Waals surface area contributed by atoms with Gasteiger partial charge < -0.3 is 10.2 Å². The summed E-state index contributed by atoms with van der Waals surface area (Å²) in [5.41, 5.74) is 1.19. The number of hydrogen-bond acceptors (Lipinski definition) is 5. The van der Waals surface area contributed by atoms with Gasteiger partial charge in [0.05, 0.1) is 16.7 Å². The van der Waals surface area contributed by atoms with Crippen LogP contribution in [0.25, 0.3) is 0 Å². The number of nitrogens with one attached hydrogen (secondary N) is 1. The van der Waals surface area contributed by atoms with E-state index in [-0.39, 0.29) is 24.4 Å². The molecule has 0 aromatic heterocycles. The van der Waals surface area contributed by atoms with Gasteiger partial charge in [0.1, 0.15) is 6.54 Å². The minimum atomic E-state index is -0.434. The lowest BCUT2D eigenvalue weighted by Crippen LogP contribution is -2.49. The number of piperidine rings is 1. The zero-order chi connectivity index (χ0) is 21.3. The zero-order valence-corrected chi connectivity index (χ0v) is 17.1. The molecule has 0 bridgehead atoms. The fourth-order valence-corrected chi connectivity index (χ4v) is 4.08. The molecule has 2 aromatic carbocycles. The third-order valence-electron chi connectivity index (χ3n) is 5.50. The first-order chi connectivity index (χ1) is 14.5. The topological polar surface area (TPSA) is 86.8 Å². The predicted octanol–water partition coefficient (Wildman–Crippen LogP) is 1.99. The monoisotopic (exact) mass is 423 g/mol. The average molecular weight is 423 g/mol. The number of nitrogens with zero attached hydrogens (tertiary/aromatic N) is 2. The van der Waals surface area contributed by atoms with Crippen LogP contribution in [0.15, 0.2) is 53.4 Å². The zero-order valence-electron chi connectivity index (χ0n) is 16.2. The average Bonchev–Trinajstić information content (AvgIpc) is 2.99. The lowest BCUT2D eigenvalue weighted by molar-refractivity contribution is -0.132. The van der Waals surface area contributed by atoms with Crippen LogP contribution < -0.4 is 5.32 Å². The number of imide groups is 1. The summed E-state index contributed by atoms with van der Waals surface area (Å²) in [4.78, 5) is 53.3. The highest BCUT2D eigenvalue weighted by Gasteiger charge is 2.37. The first-order valence-corrected chi connectivity index (χ1v) is 10.2. The van der Waals surface area contributed by atoms with Crippen LogP contribution in [-0.4, -0.2) is 59.1 Å². The van der Waals surface area contributed by atoms with Crippen molar-refractivity contribution in [2.75, 3.05) is 19.6 Å². The first-order valence-electron chi connectivity index (χ1n) is 9.77. The minimum absolute atomic E-state index is 0.0474. The Kier molecular flexibility index (Phi) is 5.59. The van der Waals surface area contributed by atoms with E-state index in [9.17, 15) is 19.2 Å². The summed E-state index contributed by atoms with van der Waals surface area (Å²) in [6.45, 7) is 0.640. The van der Waals surface area contributed by atoms with E-state index >= 15 is 0 Å². The number of amides is 4. The summed E-state index contributed by atoms with van der Waals surface area (Å²) in [6.07, 6.45) is 1.21. The van der Waals surface area contributed by atoms with Gasteiger partial charge in [0, 0.05) is 24.0 Å². The Labute approximate surface area is 179 Å². The van der Waals surface area contributed by atoms with E-state index in [4.69, 9.17) is 0 Å². The second-order valence-electron chi connectivity index (χ2n) is 7.39. The summed E-state index contributed by atoms with van der Waals surface area (Å²) in [7, 11) is 0. The van der Waals surface area contributed by atoms with Crippen molar-refractivity contribution in [2.45, 2.75) is 23.8 Å². The van der Waals surface area contributed by atoms with E-state index in [0.29, 0.717) is 47.5 Å². The van der Waals surface area contributed by atoms with E-state index in [2.05, 4.69) is 17.9 Å². The van der Waals surface area contributed by atoms with Gasteiger partial charge in [-0.05, 0) is 37.1 Å². The maximum Gasteiger partial charge on any atom is 0.262 e. The molecule has 8 heteroatoms. The Bertz CT molecular complexity index is 996. The molecule has 2 heterocycles. The van der Waals surface area contributed by atoms with Crippen molar-refractivity contribution in [3.05, 3.63) is 65.2 Å². The molecule has 0 saturated carbocycles. The van der Waals surface area contributed by atoms with Gasteiger partial charge in [0.25, 0.3) is 17.7 Å². The normalized spacial score (nSPS) is 16.6. The number of hydrogen-bond donors (Lipinski definition) is 2. The first kappa shape index (κ1) is 20.2. The highest BCUT2D eigenvalue weighted by Crippen LogP contribution is 2.23. The van der Waals surface area contributed by atoms with Crippen LogP contribution in [0.4, 0.5) is 0 Å². The molecule has 0 unspecified atom stereocenters. The molecule has 2 aromatic rings. The number of carbonyl (C=O) groups is 4. The molecule has 7 nitrogen and oxygen atoms in total. The van der Waals surface area contributed by atoms with Crippen molar-refractivity contribution in [2.24, 2.45) is 0 Å². The number of likely N-dealkylation sites (tertiary alicyclic amines) is 1. The Hall–Kier alpha value is -3.13. The van der Waals surface area contributed by atoms with Crippen molar-refractivity contribution in [1.82, 2.24) is 15.1 Å². The Balaban J connectivity index is 1.31. The highest BCUT2D eigenvalue weighted by molar-refractivity contribution is 7.80. The van der Waals surface area contributed by atoms with Crippen molar-refractivity contribution >= 4 is 36.3 Å². The van der Waals surface area contributed by atoms with Crippen LogP contribution in [0, 0.1) is 0 Å². The molecular weight excluding hydrogens is 402 g/mol. The van der Waals surface area contributed by atoms with Gasteiger partial charge in [0.2, 0.25) is 5.91 Å². The smallest absolute Gasteiger partial charge is 0.262 e. The van der Waals surface area contributed by atoms with Crippen molar-refractivity contribution in [1.29, 1.82) is 0 Å². The maximum absolute atomic E-state index is 12.7. The van der Waals surface area contributed by atoms with Crippen LogP contribution >= 0.6 is 12.6 Å². The van der Waals surface area contributed by atoms with Gasteiger partial charge in [-0.3, -0.25) is 24.1 Å². The molecule has 1 N–H and O–H groups in total. The van der Waals surface area contributed by atoms with Crippen molar-refractivity contribution < 1.29 is 19.2 Å². The van der Waals surface area contributed by atoms with Gasteiger partial charge in [0.15, 0.2) is 0 Å². The fraction of sp³-hybridized carbons (Fsp3) is 0.273. The van der Waals surface area contributed by atoms with Crippen LogP contribution in [0.2, 0.25) is 0 Å². The molecule has 1 saturated heterocycles. The molecule has 0 aliphatic carbocycles. The Morgan fingerprint density at radius 1 is 0.933 bits per heavy atom. The quantitative estimate of drug-likeness (QED) is 0.582. The molecule has 0 atom stereocenters. The number of thiol groups is 1. The van der Waals surface area contributed by atoms with Gasteiger partial charge >= 0.3 is 0 Å². The van der Waals surface area contributed by atoms with Gasteiger partial charge in [-0.15, -0.1) is 12.6 Å². The molecule has 1 fully saturated rings. The fourth-order valence-electron chi connectivity index (χ4n) is 3.82. The Morgan fingerprint density at radius 3 is 2.10 bits per heavy atom. The third-order valence-corrected chi connectivity index (χ3v) is 5.89. The van der Waals surface area contributed by atoms with E-state index in [1.54, 1.807) is 47.4 Å². The summed E-state index contributed by atoms with van der Waals surface area (Å²) in [6, 6.07) is 13.6. The predicted molar refractivity (Wildman–Crippen MR) is 113 cm³/mol. The molecular formula is C22H21N3O4S. The van der Waals surface area contributed by atoms with Crippen LogP contribution in [0.1, 0.15) is 43.9 Å². The summed E-state index contributed by atoms with van der Waals surface area (Å²) < 4.78 is 0. The number of fused-ring (bicyclic) bond motifs is 1. The highest BCUT2D eigenvalue weighted by atomic mass is 32.1. The van der Waals surface area contributed by atoms with Crippen LogP contribution in [-0.2, 0) is 4.79 Å². The maximum atomic E-state index is 12.7. The van der Waals surface area contributed by atoms with Crippen LogP contribution in [0.3, 0.4) is 0 Å². The molecule has 0 spiro atoms. The molecule has 2 aliphatic heterocycles. The number of benzene rings is 2. The number of rotatable bonds is 4. The molecule has 4 rings (SSSR count). The van der Waals surface area contributed by atoms with Crippen molar-refractivity contribution in [3.8, 4) is 0 Å². The van der Waals surface area contributed by atoms with Crippen LogP contribution in [0.5, 0.6) is 0 Å². The Morgan fingerprint density at radius 2 is 1.50 bits per heavy atom. The summed E-state index contributed by atoms with van der Waals surface area (Å²) in [5.74, 6) is -1.32. The third kappa shape index (κ3) is 3.82.